The normalized spacial score (nSPS) is 11.8. The fourth-order valence-electron chi connectivity index (χ4n) is 3.31. The number of para-hydroxylation sites is 1. The smallest absolute Gasteiger partial charge is 0.416 e. The van der Waals surface area contributed by atoms with Crippen molar-refractivity contribution in [3.05, 3.63) is 83.7 Å². The molecule has 12 heteroatoms. The van der Waals surface area contributed by atoms with Crippen LogP contribution in [0.4, 0.5) is 28.0 Å². The average Bonchev–Trinajstić information content (AvgIpc) is 2.83. The molecule has 3 aromatic carbocycles. The van der Waals surface area contributed by atoms with Gasteiger partial charge in [0.15, 0.2) is 11.5 Å². The Labute approximate surface area is 211 Å². The lowest BCUT2D eigenvalue weighted by Gasteiger charge is -2.27. The second kappa shape index (κ2) is 11.1. The molecule has 1 N–H and O–H groups in total. The second-order valence-electron chi connectivity index (χ2n) is 8.18. The number of halogens is 4. The van der Waals surface area contributed by atoms with Gasteiger partial charge in [-0.15, -0.1) is 0 Å². The molecular weight excluding hydrogens is 516 g/mol. The van der Waals surface area contributed by atoms with Gasteiger partial charge < -0.3 is 19.1 Å². The Morgan fingerprint density at radius 2 is 1.70 bits per heavy atom. The van der Waals surface area contributed by atoms with E-state index < -0.39 is 38.6 Å². The number of amides is 2. The number of benzene rings is 3. The number of ether oxygens (including phenoxy) is 1. The van der Waals surface area contributed by atoms with Crippen molar-refractivity contribution in [2.24, 2.45) is 0 Å². The minimum Gasteiger partial charge on any atom is -0.493 e. The molecule has 3 rings (SSSR count). The van der Waals surface area contributed by atoms with Gasteiger partial charge in [-0.25, -0.2) is 9.18 Å². The van der Waals surface area contributed by atoms with Crippen LogP contribution < -0.4 is 14.2 Å². The van der Waals surface area contributed by atoms with Crippen LogP contribution in [0.15, 0.2) is 71.6 Å². The van der Waals surface area contributed by atoms with Gasteiger partial charge in [-0.2, -0.15) is 21.6 Å². The van der Waals surface area contributed by atoms with Crippen molar-refractivity contribution < 1.29 is 39.7 Å². The molecule has 0 atom stereocenters. The predicted molar refractivity (Wildman–Crippen MR) is 128 cm³/mol. The van der Waals surface area contributed by atoms with Gasteiger partial charge in [0.1, 0.15) is 10.7 Å². The van der Waals surface area contributed by atoms with Gasteiger partial charge >= 0.3 is 22.3 Å². The van der Waals surface area contributed by atoms with E-state index in [9.17, 15) is 30.8 Å². The fourth-order valence-corrected chi connectivity index (χ4v) is 4.29. The molecule has 0 saturated heterocycles. The standard InChI is InChI=1S/C25H24F4N2O5S/c1-16(2)31(24(32)30-21-10-5-4-9-20(21)26)15-17-11-12-22(35-3)23(13-17)36-37(33,34)19-8-6-7-18(14-19)25(27,28)29/h4-14,16H,15H2,1-3H3,(H,30,32). The Morgan fingerprint density at radius 3 is 2.32 bits per heavy atom. The second-order valence-corrected chi connectivity index (χ2v) is 9.73. The van der Waals surface area contributed by atoms with E-state index in [1.54, 1.807) is 26.0 Å². The number of urea groups is 1. The van der Waals surface area contributed by atoms with E-state index in [0.29, 0.717) is 11.6 Å². The number of alkyl halides is 3. The van der Waals surface area contributed by atoms with Crippen molar-refractivity contribution >= 4 is 21.8 Å². The zero-order chi connectivity index (χ0) is 27.4. The van der Waals surface area contributed by atoms with Crippen LogP contribution in [0.5, 0.6) is 11.5 Å². The Balaban J connectivity index is 1.88. The van der Waals surface area contributed by atoms with Crippen molar-refractivity contribution in [1.82, 2.24) is 4.90 Å². The number of rotatable bonds is 8. The molecule has 3 aromatic rings. The van der Waals surface area contributed by atoms with E-state index in [1.807, 2.05) is 0 Å². The summed E-state index contributed by atoms with van der Waals surface area (Å²) in [7, 11) is -3.40. The molecular formula is C25H24F4N2O5S. The molecule has 7 nitrogen and oxygen atoms in total. The number of anilines is 1. The van der Waals surface area contributed by atoms with Gasteiger partial charge in [0.2, 0.25) is 0 Å². The Morgan fingerprint density at radius 1 is 1.00 bits per heavy atom. The van der Waals surface area contributed by atoms with Crippen LogP contribution in [-0.2, 0) is 22.8 Å². The number of nitrogens with one attached hydrogen (secondary N) is 1. The maximum Gasteiger partial charge on any atom is 0.416 e. The SMILES string of the molecule is COc1ccc(CN(C(=O)Nc2ccccc2F)C(C)C)cc1OS(=O)(=O)c1cccc(C(F)(F)F)c1. The zero-order valence-electron chi connectivity index (χ0n) is 20.0. The van der Waals surface area contributed by atoms with Crippen molar-refractivity contribution in [3.63, 3.8) is 0 Å². The van der Waals surface area contributed by atoms with Crippen molar-refractivity contribution in [2.45, 2.75) is 37.5 Å². The fraction of sp³-hybridized carbons (Fsp3) is 0.240. The Kier molecular flexibility index (Phi) is 8.32. The third-order valence-corrected chi connectivity index (χ3v) is 6.46. The van der Waals surface area contributed by atoms with Gasteiger partial charge in [-0.1, -0.05) is 24.3 Å². The molecule has 0 aliphatic rings. The summed E-state index contributed by atoms with van der Waals surface area (Å²) < 4.78 is 89.0. The summed E-state index contributed by atoms with van der Waals surface area (Å²) in [6, 6.07) is 12.1. The van der Waals surface area contributed by atoms with E-state index in [0.717, 1.165) is 18.2 Å². The lowest BCUT2D eigenvalue weighted by Crippen LogP contribution is -2.39. The predicted octanol–water partition coefficient (Wildman–Crippen LogP) is 6.06. The lowest BCUT2D eigenvalue weighted by atomic mass is 10.1. The largest absolute Gasteiger partial charge is 0.493 e. The van der Waals surface area contributed by atoms with E-state index in [-0.39, 0.29) is 29.8 Å². The topological polar surface area (TPSA) is 84.9 Å². The molecule has 0 bridgehead atoms. The zero-order valence-corrected chi connectivity index (χ0v) is 20.9. The lowest BCUT2D eigenvalue weighted by molar-refractivity contribution is -0.137. The molecule has 0 saturated carbocycles. The molecule has 0 aliphatic heterocycles. The molecule has 0 aromatic heterocycles. The van der Waals surface area contributed by atoms with Crippen LogP contribution in [0.25, 0.3) is 0 Å². The highest BCUT2D eigenvalue weighted by Gasteiger charge is 2.32. The third kappa shape index (κ3) is 6.91. The first-order valence-electron chi connectivity index (χ1n) is 10.9. The van der Waals surface area contributed by atoms with Crippen molar-refractivity contribution in [3.8, 4) is 11.5 Å². The van der Waals surface area contributed by atoms with Crippen molar-refractivity contribution in [1.29, 1.82) is 0 Å². The number of hydrogen-bond donors (Lipinski definition) is 1. The summed E-state index contributed by atoms with van der Waals surface area (Å²) in [4.78, 5) is 13.5. The van der Waals surface area contributed by atoms with Crippen LogP contribution in [0, 0.1) is 5.82 Å². The van der Waals surface area contributed by atoms with Crippen molar-refractivity contribution in [2.75, 3.05) is 12.4 Å². The number of hydrogen-bond acceptors (Lipinski definition) is 5. The number of nitrogens with zero attached hydrogens (tertiary/aromatic N) is 1. The van der Waals surface area contributed by atoms with Crippen LogP contribution in [0.2, 0.25) is 0 Å². The summed E-state index contributed by atoms with van der Waals surface area (Å²) in [5.74, 6) is -0.888. The minimum atomic E-state index is -4.74. The summed E-state index contributed by atoms with van der Waals surface area (Å²) in [6.45, 7) is 3.45. The van der Waals surface area contributed by atoms with Crippen LogP contribution in [-0.4, -0.2) is 32.5 Å². The quantitative estimate of drug-likeness (QED) is 0.277. The number of carbonyl (C=O) groups excluding carboxylic acids is 1. The molecule has 2 amide bonds. The highest BCUT2D eigenvalue weighted by Crippen LogP contribution is 2.34. The van der Waals surface area contributed by atoms with E-state index >= 15 is 0 Å². The Hall–Kier alpha value is -3.80. The minimum absolute atomic E-state index is 0.00575. The number of carbonyl (C=O) groups is 1. The van der Waals surface area contributed by atoms with Gasteiger partial charge in [0.05, 0.1) is 18.4 Å². The molecule has 0 radical (unpaired) electrons. The first-order chi connectivity index (χ1) is 17.3. The molecule has 0 spiro atoms. The molecule has 0 aliphatic carbocycles. The van der Waals surface area contributed by atoms with E-state index in [4.69, 9.17) is 8.92 Å². The van der Waals surface area contributed by atoms with Crippen LogP contribution in [0.3, 0.4) is 0 Å². The van der Waals surface area contributed by atoms with E-state index in [2.05, 4.69) is 5.32 Å². The molecule has 198 valence electrons. The van der Waals surface area contributed by atoms with Gasteiger partial charge in [-0.05, 0) is 61.9 Å². The molecule has 37 heavy (non-hydrogen) atoms. The van der Waals surface area contributed by atoms with Crippen LogP contribution in [0.1, 0.15) is 25.0 Å². The highest BCUT2D eigenvalue weighted by molar-refractivity contribution is 7.87. The summed E-state index contributed by atoms with van der Waals surface area (Å²) in [5.41, 5.74) is -0.733. The first-order valence-corrected chi connectivity index (χ1v) is 12.3. The van der Waals surface area contributed by atoms with Gasteiger partial charge in [-0.3, -0.25) is 0 Å². The monoisotopic (exact) mass is 540 g/mol. The maximum atomic E-state index is 14.0. The highest BCUT2D eigenvalue weighted by atomic mass is 32.2. The summed E-state index contributed by atoms with van der Waals surface area (Å²) in [6.07, 6.45) is -4.74. The summed E-state index contributed by atoms with van der Waals surface area (Å²) in [5, 5.41) is 2.49. The number of methoxy groups -OCH3 is 1. The van der Waals surface area contributed by atoms with Gasteiger partial charge in [0.25, 0.3) is 0 Å². The van der Waals surface area contributed by atoms with Gasteiger partial charge in [0, 0.05) is 12.6 Å². The maximum absolute atomic E-state index is 14.0. The van der Waals surface area contributed by atoms with Crippen LogP contribution >= 0.6 is 0 Å². The third-order valence-electron chi connectivity index (χ3n) is 5.23. The molecule has 0 unspecified atom stereocenters. The molecule has 0 fully saturated rings. The first kappa shape index (κ1) is 27.8. The summed E-state index contributed by atoms with van der Waals surface area (Å²) >= 11 is 0. The molecule has 0 heterocycles. The average molecular weight is 541 g/mol. The Bertz CT molecular complexity index is 1380. The van der Waals surface area contributed by atoms with E-state index in [1.165, 1.54) is 42.3 Å².